The van der Waals surface area contributed by atoms with E-state index in [0.717, 1.165) is 27.8 Å². The highest BCUT2D eigenvalue weighted by Crippen LogP contribution is 2.27. The summed E-state index contributed by atoms with van der Waals surface area (Å²) in [7, 11) is 0. The Morgan fingerprint density at radius 3 is 2.76 bits per heavy atom. The second-order valence-electron chi connectivity index (χ2n) is 6.45. The molecule has 0 aliphatic carbocycles. The molecule has 4 nitrogen and oxygen atoms in total. The number of benzene rings is 2. The Balaban J connectivity index is 1.67. The van der Waals surface area contributed by atoms with Crippen LogP contribution < -0.4 is 10.1 Å². The molecule has 0 unspecified atom stereocenters. The maximum absolute atomic E-state index is 12.2. The van der Waals surface area contributed by atoms with Gasteiger partial charge in [-0.25, -0.2) is 0 Å². The van der Waals surface area contributed by atoms with E-state index in [1.807, 2.05) is 43.3 Å². The minimum Gasteiger partial charge on any atom is -0.483 e. The third kappa shape index (κ3) is 4.15. The third-order valence-electron chi connectivity index (χ3n) is 4.02. The highest BCUT2D eigenvalue weighted by molar-refractivity contribution is 5.94. The number of pyridine rings is 1. The van der Waals surface area contributed by atoms with Gasteiger partial charge in [-0.05, 0) is 42.2 Å². The van der Waals surface area contributed by atoms with Gasteiger partial charge in [0.15, 0.2) is 6.61 Å². The second-order valence-corrected chi connectivity index (χ2v) is 6.45. The lowest BCUT2D eigenvalue weighted by Gasteiger charge is -2.15. The van der Waals surface area contributed by atoms with Crippen LogP contribution in [0.25, 0.3) is 10.9 Å². The lowest BCUT2D eigenvalue weighted by Crippen LogP contribution is -2.20. The van der Waals surface area contributed by atoms with Crippen LogP contribution in [0.5, 0.6) is 5.75 Å². The number of carbonyl (C=O) groups is 1. The molecule has 1 aromatic heterocycles. The summed E-state index contributed by atoms with van der Waals surface area (Å²) < 4.78 is 5.77. The van der Waals surface area contributed by atoms with Crippen molar-refractivity contribution in [2.75, 3.05) is 11.9 Å². The number of hydrogen-bond donors (Lipinski definition) is 1. The van der Waals surface area contributed by atoms with Gasteiger partial charge in [-0.3, -0.25) is 9.78 Å². The van der Waals surface area contributed by atoms with Gasteiger partial charge in [-0.15, -0.1) is 0 Å². The minimum absolute atomic E-state index is 0.0317. The van der Waals surface area contributed by atoms with E-state index in [2.05, 4.69) is 36.3 Å². The van der Waals surface area contributed by atoms with Gasteiger partial charge in [0.2, 0.25) is 0 Å². The lowest BCUT2D eigenvalue weighted by atomic mass is 10.0. The van der Waals surface area contributed by atoms with Crippen LogP contribution in [0.1, 0.15) is 30.9 Å². The predicted molar refractivity (Wildman–Crippen MR) is 101 cm³/mol. The minimum atomic E-state index is -0.201. The molecular weight excluding hydrogens is 312 g/mol. The van der Waals surface area contributed by atoms with E-state index in [0.29, 0.717) is 11.6 Å². The van der Waals surface area contributed by atoms with E-state index >= 15 is 0 Å². The van der Waals surface area contributed by atoms with Crippen LogP contribution in [0, 0.1) is 6.92 Å². The fraction of sp³-hybridized carbons (Fsp3) is 0.238. The molecule has 0 saturated heterocycles. The molecule has 4 heteroatoms. The van der Waals surface area contributed by atoms with Gasteiger partial charge in [0.05, 0.1) is 17.4 Å². The number of rotatable bonds is 5. The van der Waals surface area contributed by atoms with E-state index in [-0.39, 0.29) is 12.5 Å². The van der Waals surface area contributed by atoms with E-state index in [9.17, 15) is 4.79 Å². The number of amides is 1. The molecule has 0 aliphatic heterocycles. The average Bonchev–Trinajstić information content (AvgIpc) is 2.59. The van der Waals surface area contributed by atoms with E-state index in [4.69, 9.17) is 4.74 Å². The Labute approximate surface area is 147 Å². The summed E-state index contributed by atoms with van der Waals surface area (Å²) in [5.41, 5.74) is 3.78. The van der Waals surface area contributed by atoms with Crippen molar-refractivity contribution in [1.82, 2.24) is 4.98 Å². The summed E-state index contributed by atoms with van der Waals surface area (Å²) in [6.45, 7) is 6.20. The molecule has 0 saturated carbocycles. The van der Waals surface area contributed by atoms with Gasteiger partial charge < -0.3 is 10.1 Å². The van der Waals surface area contributed by atoms with Gasteiger partial charge >= 0.3 is 0 Å². The number of nitrogens with one attached hydrogen (secondary N) is 1. The van der Waals surface area contributed by atoms with Gasteiger partial charge in [0.1, 0.15) is 5.75 Å². The van der Waals surface area contributed by atoms with Crippen LogP contribution in [0.4, 0.5) is 5.69 Å². The largest absolute Gasteiger partial charge is 0.483 e. The van der Waals surface area contributed by atoms with Gasteiger partial charge in [0.25, 0.3) is 5.91 Å². The molecule has 2 aromatic carbocycles. The molecule has 1 heterocycles. The molecule has 128 valence electrons. The molecule has 0 atom stereocenters. The van der Waals surface area contributed by atoms with Crippen LogP contribution in [-0.4, -0.2) is 17.5 Å². The summed E-state index contributed by atoms with van der Waals surface area (Å²) >= 11 is 0. The summed E-state index contributed by atoms with van der Waals surface area (Å²) in [5.74, 6) is 0.901. The Bertz CT molecular complexity index is 903. The first-order chi connectivity index (χ1) is 12.0. The number of nitrogens with zero attached hydrogens (tertiary/aromatic N) is 1. The van der Waals surface area contributed by atoms with Gasteiger partial charge in [-0.1, -0.05) is 44.2 Å². The smallest absolute Gasteiger partial charge is 0.262 e. The number of anilines is 1. The van der Waals surface area contributed by atoms with Crippen molar-refractivity contribution in [2.45, 2.75) is 26.7 Å². The average molecular weight is 334 g/mol. The van der Waals surface area contributed by atoms with Gasteiger partial charge in [-0.2, -0.15) is 0 Å². The molecule has 3 rings (SSSR count). The summed E-state index contributed by atoms with van der Waals surface area (Å²) in [6, 6.07) is 15.8. The number of aryl methyl sites for hydroxylation is 1. The van der Waals surface area contributed by atoms with Crippen molar-refractivity contribution in [3.8, 4) is 5.75 Å². The van der Waals surface area contributed by atoms with Crippen molar-refractivity contribution in [1.29, 1.82) is 0 Å². The Morgan fingerprint density at radius 2 is 1.96 bits per heavy atom. The zero-order valence-corrected chi connectivity index (χ0v) is 14.7. The highest BCUT2D eigenvalue weighted by Gasteiger charge is 2.11. The molecule has 0 fully saturated rings. The normalized spacial score (nSPS) is 10.9. The number of hydrogen-bond acceptors (Lipinski definition) is 3. The number of ether oxygens (including phenoxy) is 1. The molecular formula is C21H22N2O2. The monoisotopic (exact) mass is 334 g/mol. The standard InChI is InChI=1S/C21H22N2O2/c1-14(2)18-9-8-15(3)10-20(18)25-13-21(24)23-17-11-16-6-4-5-7-19(16)22-12-17/h4-12,14H,13H2,1-3H3,(H,23,24). The van der Waals surface area contributed by atoms with E-state index in [1.165, 1.54) is 0 Å². The summed E-state index contributed by atoms with van der Waals surface area (Å²) in [6.07, 6.45) is 1.66. The molecule has 25 heavy (non-hydrogen) atoms. The number of aromatic nitrogens is 1. The zero-order valence-electron chi connectivity index (χ0n) is 14.7. The maximum Gasteiger partial charge on any atom is 0.262 e. The SMILES string of the molecule is Cc1ccc(C(C)C)c(OCC(=O)Nc2cnc3ccccc3c2)c1. The summed E-state index contributed by atoms with van der Waals surface area (Å²) in [5, 5.41) is 3.83. The lowest BCUT2D eigenvalue weighted by molar-refractivity contribution is -0.118. The van der Waals surface area contributed by atoms with Crippen molar-refractivity contribution < 1.29 is 9.53 Å². The van der Waals surface area contributed by atoms with Crippen molar-refractivity contribution in [3.05, 3.63) is 65.9 Å². The van der Waals surface area contributed by atoms with E-state index in [1.54, 1.807) is 6.20 Å². The fourth-order valence-electron chi connectivity index (χ4n) is 2.72. The molecule has 0 spiro atoms. The molecule has 1 amide bonds. The Morgan fingerprint density at radius 1 is 1.16 bits per heavy atom. The third-order valence-corrected chi connectivity index (χ3v) is 4.02. The molecule has 0 bridgehead atoms. The first-order valence-electron chi connectivity index (χ1n) is 8.41. The Kier molecular flexibility index (Phi) is 4.98. The molecule has 1 N–H and O–H groups in total. The summed E-state index contributed by atoms with van der Waals surface area (Å²) in [4.78, 5) is 16.6. The number of carbonyl (C=O) groups excluding carboxylic acids is 1. The van der Waals surface area contributed by atoms with E-state index < -0.39 is 0 Å². The van der Waals surface area contributed by atoms with Crippen LogP contribution in [0.15, 0.2) is 54.7 Å². The first kappa shape index (κ1) is 17.0. The van der Waals surface area contributed by atoms with Crippen molar-refractivity contribution in [2.24, 2.45) is 0 Å². The molecule has 0 aliphatic rings. The highest BCUT2D eigenvalue weighted by atomic mass is 16.5. The van der Waals surface area contributed by atoms with Crippen LogP contribution >= 0.6 is 0 Å². The number of fused-ring (bicyclic) bond motifs is 1. The zero-order chi connectivity index (χ0) is 17.8. The van der Waals surface area contributed by atoms with Crippen molar-refractivity contribution in [3.63, 3.8) is 0 Å². The van der Waals surface area contributed by atoms with Crippen LogP contribution in [0.2, 0.25) is 0 Å². The molecule has 3 aromatic rings. The number of para-hydroxylation sites is 1. The van der Waals surface area contributed by atoms with Gasteiger partial charge in [0, 0.05) is 5.39 Å². The first-order valence-corrected chi connectivity index (χ1v) is 8.41. The second kappa shape index (κ2) is 7.34. The quantitative estimate of drug-likeness (QED) is 0.737. The predicted octanol–water partition coefficient (Wildman–Crippen LogP) is 4.68. The van der Waals surface area contributed by atoms with Crippen LogP contribution in [-0.2, 0) is 4.79 Å². The topological polar surface area (TPSA) is 51.2 Å². The van der Waals surface area contributed by atoms with Crippen LogP contribution in [0.3, 0.4) is 0 Å². The van der Waals surface area contributed by atoms with Crippen molar-refractivity contribution >= 4 is 22.5 Å². The molecule has 0 radical (unpaired) electrons. The maximum atomic E-state index is 12.2. The Hall–Kier alpha value is -2.88. The fourth-order valence-corrected chi connectivity index (χ4v) is 2.72.